The van der Waals surface area contributed by atoms with Gasteiger partial charge in [-0.25, -0.2) is 4.98 Å². The van der Waals surface area contributed by atoms with Crippen LogP contribution >= 0.6 is 22.7 Å². The van der Waals surface area contributed by atoms with Crippen LogP contribution in [0.25, 0.3) is 10.6 Å². The average Bonchev–Trinajstić information content (AvgIpc) is 2.97. The Morgan fingerprint density at radius 2 is 1.91 bits per heavy atom. The molecule has 1 aliphatic carbocycles. The minimum Gasteiger partial charge on any atom is -0.301 e. The Balaban J connectivity index is 1.53. The van der Waals surface area contributed by atoms with Gasteiger partial charge in [-0.15, -0.1) is 22.7 Å². The van der Waals surface area contributed by atoms with Gasteiger partial charge >= 0.3 is 0 Å². The minimum absolute atomic E-state index is 0.0609. The first-order valence-corrected chi connectivity index (χ1v) is 8.90. The van der Waals surface area contributed by atoms with Crippen molar-refractivity contribution in [1.82, 2.24) is 4.98 Å². The Hall–Kier alpha value is -1.98. The number of benzene rings is 1. The van der Waals surface area contributed by atoms with Crippen molar-refractivity contribution < 1.29 is 4.79 Å². The molecule has 0 atom stereocenters. The lowest BCUT2D eigenvalue weighted by Crippen LogP contribution is -2.27. The first-order chi connectivity index (χ1) is 10.8. The summed E-state index contributed by atoms with van der Waals surface area (Å²) in [6, 6.07) is 14.1. The molecule has 4 rings (SSSR count). The third-order valence-electron chi connectivity index (χ3n) is 4.01. The minimum atomic E-state index is -0.351. The Bertz CT molecular complexity index is 789. The van der Waals surface area contributed by atoms with Crippen LogP contribution in [0.1, 0.15) is 18.4 Å². The zero-order valence-electron chi connectivity index (χ0n) is 11.8. The number of thiazole rings is 1. The molecule has 1 amide bonds. The number of aromatic nitrogens is 1. The molecule has 0 spiro atoms. The number of thiophene rings is 1. The fourth-order valence-corrected chi connectivity index (χ4v) is 4.08. The maximum atomic E-state index is 12.7. The van der Waals surface area contributed by atoms with E-state index in [9.17, 15) is 4.79 Å². The first-order valence-electron chi connectivity index (χ1n) is 7.14. The SMILES string of the molecule is O=C(Nc1nc(-c2cccs2)cs1)C1(c2ccccc2)CC1. The molecule has 0 unspecified atom stereocenters. The molecule has 3 nitrogen and oxygen atoms in total. The summed E-state index contributed by atoms with van der Waals surface area (Å²) < 4.78 is 0. The number of nitrogens with zero attached hydrogens (tertiary/aromatic N) is 1. The smallest absolute Gasteiger partial charge is 0.236 e. The van der Waals surface area contributed by atoms with Crippen molar-refractivity contribution in [1.29, 1.82) is 0 Å². The van der Waals surface area contributed by atoms with Gasteiger partial charge in [0, 0.05) is 5.38 Å². The molecule has 0 saturated heterocycles. The van der Waals surface area contributed by atoms with Crippen LogP contribution in [0.3, 0.4) is 0 Å². The summed E-state index contributed by atoms with van der Waals surface area (Å²) in [5.74, 6) is 0.0609. The molecule has 1 saturated carbocycles. The van der Waals surface area contributed by atoms with Gasteiger partial charge in [-0.2, -0.15) is 0 Å². The number of hydrogen-bond acceptors (Lipinski definition) is 4. The molecule has 0 aliphatic heterocycles. The number of anilines is 1. The van der Waals surface area contributed by atoms with Gasteiger partial charge < -0.3 is 5.32 Å². The highest BCUT2D eigenvalue weighted by Gasteiger charge is 2.51. The predicted octanol–water partition coefficient (Wildman–Crippen LogP) is 4.54. The summed E-state index contributed by atoms with van der Waals surface area (Å²) in [6.45, 7) is 0. The molecule has 1 N–H and O–H groups in total. The monoisotopic (exact) mass is 326 g/mol. The highest BCUT2D eigenvalue weighted by Crippen LogP contribution is 2.49. The highest BCUT2D eigenvalue weighted by molar-refractivity contribution is 7.16. The molecule has 1 fully saturated rings. The lowest BCUT2D eigenvalue weighted by atomic mass is 9.95. The van der Waals surface area contributed by atoms with Gasteiger partial charge in [-0.3, -0.25) is 4.79 Å². The normalized spacial score (nSPS) is 15.5. The lowest BCUT2D eigenvalue weighted by molar-refractivity contribution is -0.118. The van der Waals surface area contributed by atoms with Crippen LogP contribution in [0.4, 0.5) is 5.13 Å². The zero-order valence-corrected chi connectivity index (χ0v) is 13.4. The molecular formula is C17H14N2OS2. The van der Waals surface area contributed by atoms with E-state index in [-0.39, 0.29) is 11.3 Å². The quantitative estimate of drug-likeness (QED) is 0.764. The molecule has 110 valence electrons. The van der Waals surface area contributed by atoms with Crippen LogP contribution in [0.15, 0.2) is 53.2 Å². The van der Waals surface area contributed by atoms with Crippen LogP contribution < -0.4 is 5.32 Å². The van der Waals surface area contributed by atoms with E-state index in [0.717, 1.165) is 29.0 Å². The van der Waals surface area contributed by atoms with Gasteiger partial charge in [-0.1, -0.05) is 36.4 Å². The van der Waals surface area contributed by atoms with E-state index in [2.05, 4.69) is 10.3 Å². The summed E-state index contributed by atoms with van der Waals surface area (Å²) in [6.07, 6.45) is 1.82. The van der Waals surface area contributed by atoms with Crippen molar-refractivity contribution in [2.75, 3.05) is 5.32 Å². The van der Waals surface area contributed by atoms with Crippen LogP contribution in [-0.2, 0) is 10.2 Å². The third-order valence-corrected chi connectivity index (χ3v) is 5.66. The van der Waals surface area contributed by atoms with E-state index in [1.807, 2.05) is 53.2 Å². The molecule has 1 aliphatic rings. The lowest BCUT2D eigenvalue weighted by Gasteiger charge is -2.14. The number of carbonyl (C=O) groups excluding carboxylic acids is 1. The topological polar surface area (TPSA) is 42.0 Å². The van der Waals surface area contributed by atoms with Crippen LogP contribution in [-0.4, -0.2) is 10.9 Å². The van der Waals surface area contributed by atoms with Crippen molar-refractivity contribution in [3.8, 4) is 10.6 Å². The summed E-state index contributed by atoms with van der Waals surface area (Å²) >= 11 is 3.13. The fourth-order valence-electron chi connectivity index (χ4n) is 2.61. The van der Waals surface area contributed by atoms with E-state index < -0.39 is 0 Å². The van der Waals surface area contributed by atoms with Crippen LogP contribution in [0.5, 0.6) is 0 Å². The van der Waals surface area contributed by atoms with Gasteiger partial charge in [0.15, 0.2) is 5.13 Å². The molecular weight excluding hydrogens is 312 g/mol. The van der Waals surface area contributed by atoms with Gasteiger partial charge in [0.25, 0.3) is 0 Å². The zero-order chi connectivity index (χ0) is 15.0. The summed E-state index contributed by atoms with van der Waals surface area (Å²) in [7, 11) is 0. The Morgan fingerprint density at radius 1 is 1.09 bits per heavy atom. The van der Waals surface area contributed by atoms with E-state index in [4.69, 9.17) is 0 Å². The summed E-state index contributed by atoms with van der Waals surface area (Å²) in [5, 5.41) is 7.69. The maximum absolute atomic E-state index is 12.7. The molecule has 2 heterocycles. The van der Waals surface area contributed by atoms with Gasteiger partial charge in [0.05, 0.1) is 16.0 Å². The Morgan fingerprint density at radius 3 is 2.59 bits per heavy atom. The molecule has 0 radical (unpaired) electrons. The Kier molecular flexibility index (Phi) is 3.32. The van der Waals surface area contributed by atoms with Crippen molar-refractivity contribution >= 4 is 33.7 Å². The summed E-state index contributed by atoms with van der Waals surface area (Å²) in [5.41, 5.74) is 1.68. The van der Waals surface area contributed by atoms with Crippen molar-refractivity contribution in [3.63, 3.8) is 0 Å². The van der Waals surface area contributed by atoms with E-state index in [0.29, 0.717) is 5.13 Å². The van der Waals surface area contributed by atoms with Crippen LogP contribution in [0.2, 0.25) is 0 Å². The van der Waals surface area contributed by atoms with E-state index in [1.54, 1.807) is 11.3 Å². The van der Waals surface area contributed by atoms with Crippen molar-refractivity contribution in [2.24, 2.45) is 0 Å². The molecule has 3 aromatic rings. The van der Waals surface area contributed by atoms with Gasteiger partial charge in [0.2, 0.25) is 5.91 Å². The van der Waals surface area contributed by atoms with E-state index >= 15 is 0 Å². The average molecular weight is 326 g/mol. The number of nitrogens with one attached hydrogen (secondary N) is 1. The molecule has 0 bridgehead atoms. The molecule has 5 heteroatoms. The molecule has 2 aromatic heterocycles. The fraction of sp³-hybridized carbons (Fsp3) is 0.176. The van der Waals surface area contributed by atoms with Crippen molar-refractivity contribution in [3.05, 3.63) is 58.8 Å². The molecule has 22 heavy (non-hydrogen) atoms. The predicted molar refractivity (Wildman–Crippen MR) is 91.4 cm³/mol. The second-order valence-corrected chi connectivity index (χ2v) is 7.22. The number of carbonyl (C=O) groups is 1. The Labute approximate surface area is 136 Å². The highest BCUT2D eigenvalue weighted by atomic mass is 32.1. The maximum Gasteiger partial charge on any atom is 0.236 e. The second kappa shape index (κ2) is 5.34. The first kappa shape index (κ1) is 13.7. The molecule has 1 aromatic carbocycles. The second-order valence-electron chi connectivity index (χ2n) is 5.42. The van der Waals surface area contributed by atoms with Crippen LogP contribution in [0, 0.1) is 0 Å². The van der Waals surface area contributed by atoms with Crippen molar-refractivity contribution in [2.45, 2.75) is 18.3 Å². The largest absolute Gasteiger partial charge is 0.301 e. The number of rotatable bonds is 4. The van der Waals surface area contributed by atoms with Gasteiger partial charge in [0.1, 0.15) is 0 Å². The summed E-state index contributed by atoms with van der Waals surface area (Å²) in [4.78, 5) is 18.3. The number of hydrogen-bond donors (Lipinski definition) is 1. The number of amides is 1. The van der Waals surface area contributed by atoms with E-state index in [1.165, 1.54) is 11.3 Å². The third kappa shape index (κ3) is 2.36. The standard InChI is InChI=1S/C17H14N2OS2/c20-15(17(8-9-17)12-5-2-1-3-6-12)19-16-18-13(11-22-16)14-7-4-10-21-14/h1-7,10-11H,8-9H2,(H,18,19,20). The van der Waals surface area contributed by atoms with Gasteiger partial charge in [-0.05, 0) is 29.9 Å².